The molecule has 0 aromatic heterocycles. The van der Waals surface area contributed by atoms with E-state index in [0.717, 1.165) is 12.1 Å². The van der Waals surface area contributed by atoms with Crippen molar-refractivity contribution in [1.82, 2.24) is 0 Å². The number of rotatable bonds is 13. The van der Waals surface area contributed by atoms with Crippen LogP contribution in [0.25, 0.3) is 12.2 Å². The summed E-state index contributed by atoms with van der Waals surface area (Å²) in [6.07, 6.45) is 17.7. The van der Waals surface area contributed by atoms with Crippen LogP contribution in [0.15, 0.2) is 115 Å². The summed E-state index contributed by atoms with van der Waals surface area (Å²) in [5.74, 6) is 0. The Morgan fingerprint density at radius 3 is 1.63 bits per heavy atom. The summed E-state index contributed by atoms with van der Waals surface area (Å²) >= 11 is 0. The van der Waals surface area contributed by atoms with E-state index in [1.165, 1.54) is 72.2 Å². The summed E-state index contributed by atoms with van der Waals surface area (Å²) in [5.41, 5.74) is 8.62. The predicted molar refractivity (Wildman–Crippen MR) is 167 cm³/mol. The third-order valence-electron chi connectivity index (χ3n) is 6.95. The Morgan fingerprint density at radius 1 is 0.526 bits per heavy atom. The number of aryl methyl sites for hydroxylation is 2. The maximum absolute atomic E-state index is 2.34. The second-order valence-corrected chi connectivity index (χ2v) is 10.1. The highest BCUT2D eigenvalue weighted by Gasteiger charge is 2.12. The number of unbranched alkanes of at least 4 members (excludes halogenated alkanes) is 5. The molecule has 0 aliphatic carbocycles. The molecule has 0 radical (unpaired) electrons. The number of hydrogen-bond acceptors (Lipinski definition) is 1. The lowest BCUT2D eigenvalue weighted by molar-refractivity contribution is 0.607. The molecule has 0 heterocycles. The zero-order valence-electron chi connectivity index (χ0n) is 23.0. The molecule has 0 amide bonds. The number of nitrogens with zero attached hydrogens (tertiary/aromatic N) is 1. The average molecular weight is 500 g/mol. The van der Waals surface area contributed by atoms with Gasteiger partial charge in [0, 0.05) is 17.1 Å². The Hall–Kier alpha value is -3.84. The van der Waals surface area contributed by atoms with Crippen LogP contribution in [0.5, 0.6) is 0 Å². The third kappa shape index (κ3) is 8.35. The third-order valence-corrected chi connectivity index (χ3v) is 6.95. The summed E-state index contributed by atoms with van der Waals surface area (Å²) in [6.45, 7) is 4.41. The molecule has 1 heteroatoms. The van der Waals surface area contributed by atoms with Crippen molar-refractivity contribution >= 4 is 29.2 Å². The number of benzene rings is 4. The molecule has 0 fully saturated rings. The molecule has 0 N–H and O–H groups in total. The molecule has 0 bridgehead atoms. The lowest BCUT2D eigenvalue weighted by Crippen LogP contribution is -2.10. The highest BCUT2D eigenvalue weighted by Crippen LogP contribution is 2.35. The summed E-state index contributed by atoms with van der Waals surface area (Å²) in [7, 11) is 0. The molecule has 0 atom stereocenters. The van der Waals surface area contributed by atoms with Crippen molar-refractivity contribution in [2.45, 2.75) is 58.8 Å². The normalized spacial score (nSPS) is 11.4. The monoisotopic (exact) mass is 499 g/mol. The second-order valence-electron chi connectivity index (χ2n) is 10.1. The largest absolute Gasteiger partial charge is 0.311 e. The molecule has 4 aromatic carbocycles. The molecule has 0 aliphatic rings. The van der Waals surface area contributed by atoms with Gasteiger partial charge in [-0.05, 0) is 72.9 Å². The molecule has 0 saturated carbocycles. The van der Waals surface area contributed by atoms with Crippen LogP contribution in [0.2, 0.25) is 0 Å². The van der Waals surface area contributed by atoms with E-state index in [1.54, 1.807) is 0 Å². The highest BCUT2D eigenvalue weighted by atomic mass is 15.1. The van der Waals surface area contributed by atoms with E-state index < -0.39 is 0 Å². The quantitative estimate of drug-likeness (QED) is 0.131. The van der Waals surface area contributed by atoms with Crippen LogP contribution >= 0.6 is 0 Å². The number of anilines is 3. The fourth-order valence-corrected chi connectivity index (χ4v) is 4.69. The van der Waals surface area contributed by atoms with Crippen molar-refractivity contribution in [2.24, 2.45) is 0 Å². The highest BCUT2D eigenvalue weighted by molar-refractivity contribution is 5.77. The van der Waals surface area contributed by atoms with Gasteiger partial charge in [0.1, 0.15) is 0 Å². The molecule has 0 spiro atoms. The zero-order valence-corrected chi connectivity index (χ0v) is 23.0. The molecular weight excluding hydrogens is 458 g/mol. The van der Waals surface area contributed by atoms with Gasteiger partial charge in [0.25, 0.3) is 0 Å². The van der Waals surface area contributed by atoms with E-state index in [0.29, 0.717) is 0 Å². The molecule has 4 aromatic rings. The minimum absolute atomic E-state index is 1.16. The minimum atomic E-state index is 1.16. The van der Waals surface area contributed by atoms with Crippen molar-refractivity contribution in [1.29, 1.82) is 0 Å². The van der Waals surface area contributed by atoms with Crippen molar-refractivity contribution < 1.29 is 0 Å². The lowest BCUT2D eigenvalue weighted by Gasteiger charge is -2.26. The Kier molecular flexibility index (Phi) is 10.6. The van der Waals surface area contributed by atoms with Crippen molar-refractivity contribution in [2.75, 3.05) is 4.90 Å². The average Bonchev–Trinajstić information content (AvgIpc) is 2.96. The SMILES string of the molecule is CCCCCCCCc1ccc(N(c2ccc(C)cc2)c2ccc(/C=C/C=C/c3ccccc3)cc2)cc1. The van der Waals surface area contributed by atoms with Gasteiger partial charge in [-0.15, -0.1) is 0 Å². The maximum Gasteiger partial charge on any atom is 0.0462 e. The van der Waals surface area contributed by atoms with Crippen molar-refractivity contribution in [3.63, 3.8) is 0 Å². The van der Waals surface area contributed by atoms with E-state index in [4.69, 9.17) is 0 Å². The summed E-state index contributed by atoms with van der Waals surface area (Å²) < 4.78 is 0. The van der Waals surface area contributed by atoms with Gasteiger partial charge in [-0.25, -0.2) is 0 Å². The van der Waals surface area contributed by atoms with Gasteiger partial charge in [-0.1, -0.05) is 136 Å². The van der Waals surface area contributed by atoms with Gasteiger partial charge in [0.2, 0.25) is 0 Å². The van der Waals surface area contributed by atoms with Gasteiger partial charge in [-0.3, -0.25) is 0 Å². The zero-order chi connectivity index (χ0) is 26.4. The maximum atomic E-state index is 2.34. The van der Waals surface area contributed by atoms with Gasteiger partial charge in [0.05, 0.1) is 0 Å². The smallest absolute Gasteiger partial charge is 0.0462 e. The van der Waals surface area contributed by atoms with Crippen LogP contribution in [-0.2, 0) is 6.42 Å². The van der Waals surface area contributed by atoms with E-state index in [9.17, 15) is 0 Å². The molecule has 0 saturated heterocycles. The van der Waals surface area contributed by atoms with Crippen molar-refractivity contribution in [3.8, 4) is 0 Å². The van der Waals surface area contributed by atoms with Crippen LogP contribution in [0.4, 0.5) is 17.1 Å². The van der Waals surface area contributed by atoms with Gasteiger partial charge in [-0.2, -0.15) is 0 Å². The molecule has 1 nitrogen and oxygen atoms in total. The van der Waals surface area contributed by atoms with E-state index in [2.05, 4.69) is 140 Å². The minimum Gasteiger partial charge on any atom is -0.311 e. The molecular formula is C37H41N. The van der Waals surface area contributed by atoms with E-state index >= 15 is 0 Å². The van der Waals surface area contributed by atoms with Crippen LogP contribution < -0.4 is 4.90 Å². The molecule has 194 valence electrons. The fourth-order valence-electron chi connectivity index (χ4n) is 4.69. The lowest BCUT2D eigenvalue weighted by atomic mass is 10.0. The standard InChI is InChI=1S/C37H41N/c1-3-4-5-6-7-9-16-33-21-27-36(28-22-33)38(35-25-19-31(2)20-26-35)37-29-23-34(24-30-37)18-13-12-17-32-14-10-8-11-15-32/h8,10-15,17-30H,3-7,9,16H2,1-2H3/b17-12+,18-13+. The first kappa shape index (κ1) is 27.2. The van der Waals surface area contributed by atoms with Crippen LogP contribution in [-0.4, -0.2) is 0 Å². The Balaban J connectivity index is 1.46. The summed E-state index contributed by atoms with van der Waals surface area (Å²) in [4.78, 5) is 2.34. The molecule has 0 aliphatic heterocycles. The van der Waals surface area contributed by atoms with E-state index in [1.807, 2.05) is 6.07 Å². The van der Waals surface area contributed by atoms with Crippen molar-refractivity contribution in [3.05, 3.63) is 138 Å². The Labute approximate surface area is 230 Å². The summed E-state index contributed by atoms with van der Waals surface area (Å²) in [6, 6.07) is 37.1. The first-order chi connectivity index (χ1) is 18.7. The Morgan fingerprint density at radius 2 is 1.03 bits per heavy atom. The van der Waals surface area contributed by atoms with Crippen LogP contribution in [0, 0.1) is 6.92 Å². The Bertz CT molecular complexity index is 1260. The van der Waals surface area contributed by atoms with Gasteiger partial charge < -0.3 is 4.90 Å². The predicted octanol–water partition coefficient (Wildman–Crippen LogP) is 11.1. The van der Waals surface area contributed by atoms with Gasteiger partial charge >= 0.3 is 0 Å². The fraction of sp³-hybridized carbons (Fsp3) is 0.243. The number of allylic oxidation sites excluding steroid dienone is 2. The van der Waals surface area contributed by atoms with E-state index in [-0.39, 0.29) is 0 Å². The van der Waals surface area contributed by atoms with Crippen LogP contribution in [0.1, 0.15) is 67.7 Å². The summed E-state index contributed by atoms with van der Waals surface area (Å²) in [5, 5.41) is 0. The second kappa shape index (κ2) is 14.8. The molecule has 38 heavy (non-hydrogen) atoms. The molecule has 4 rings (SSSR count). The first-order valence-corrected chi connectivity index (χ1v) is 14.2. The topological polar surface area (TPSA) is 3.24 Å². The van der Waals surface area contributed by atoms with Gasteiger partial charge in [0.15, 0.2) is 0 Å². The van der Waals surface area contributed by atoms with Crippen LogP contribution in [0.3, 0.4) is 0 Å². The molecule has 0 unspecified atom stereocenters. The number of hydrogen-bond donors (Lipinski definition) is 0. The first-order valence-electron chi connectivity index (χ1n) is 14.2.